The summed E-state index contributed by atoms with van der Waals surface area (Å²) in [5.41, 5.74) is 1.22. The van der Waals surface area contributed by atoms with Crippen LogP contribution in [0, 0.1) is 0 Å². The summed E-state index contributed by atoms with van der Waals surface area (Å²) in [7, 11) is 6.13. The summed E-state index contributed by atoms with van der Waals surface area (Å²) in [4.78, 5) is 12.8. The van der Waals surface area contributed by atoms with E-state index in [4.69, 9.17) is 28.4 Å². The SMILES string of the molecule is COc1cc(OC)c(C(=O)NCc2ccc(OCC3CCCO3)c(OC)c2)cc1OC. The van der Waals surface area contributed by atoms with Crippen molar-refractivity contribution in [2.45, 2.75) is 25.5 Å². The van der Waals surface area contributed by atoms with Gasteiger partial charge < -0.3 is 33.7 Å². The van der Waals surface area contributed by atoms with Crippen LogP contribution in [0.5, 0.6) is 28.7 Å². The third kappa shape index (κ3) is 5.52. The van der Waals surface area contributed by atoms with Gasteiger partial charge in [0, 0.05) is 25.3 Å². The summed E-state index contributed by atoms with van der Waals surface area (Å²) >= 11 is 0. The van der Waals surface area contributed by atoms with Gasteiger partial charge in [0.1, 0.15) is 12.4 Å². The molecule has 1 aliphatic rings. The summed E-state index contributed by atoms with van der Waals surface area (Å²) < 4.78 is 32.8. The second-order valence-electron chi connectivity index (χ2n) is 7.02. The molecule has 3 rings (SSSR count). The molecule has 1 N–H and O–H groups in total. The summed E-state index contributed by atoms with van der Waals surface area (Å²) in [5.74, 6) is 2.28. The first-order valence-corrected chi connectivity index (χ1v) is 10.1. The van der Waals surface area contributed by atoms with Crippen LogP contribution in [-0.4, -0.2) is 53.7 Å². The smallest absolute Gasteiger partial charge is 0.255 e. The van der Waals surface area contributed by atoms with E-state index in [1.54, 1.807) is 19.2 Å². The van der Waals surface area contributed by atoms with Crippen molar-refractivity contribution in [2.24, 2.45) is 0 Å². The third-order valence-electron chi connectivity index (χ3n) is 5.08. The average molecular weight is 431 g/mol. The highest BCUT2D eigenvalue weighted by atomic mass is 16.5. The van der Waals surface area contributed by atoms with Crippen LogP contribution in [0.25, 0.3) is 0 Å². The largest absolute Gasteiger partial charge is 0.496 e. The number of carbonyl (C=O) groups excluding carboxylic acids is 1. The number of ether oxygens (including phenoxy) is 6. The normalized spacial score (nSPS) is 15.3. The van der Waals surface area contributed by atoms with Gasteiger partial charge in [-0.1, -0.05) is 6.07 Å². The highest BCUT2D eigenvalue weighted by Gasteiger charge is 2.19. The van der Waals surface area contributed by atoms with E-state index in [-0.39, 0.29) is 12.0 Å². The Balaban J connectivity index is 1.67. The number of benzene rings is 2. The molecule has 0 spiro atoms. The van der Waals surface area contributed by atoms with Gasteiger partial charge in [-0.05, 0) is 30.5 Å². The minimum Gasteiger partial charge on any atom is -0.496 e. The fourth-order valence-electron chi connectivity index (χ4n) is 3.38. The van der Waals surface area contributed by atoms with E-state index in [1.165, 1.54) is 21.3 Å². The molecule has 8 nitrogen and oxygen atoms in total. The summed E-state index contributed by atoms with van der Waals surface area (Å²) in [5, 5.41) is 2.89. The summed E-state index contributed by atoms with van der Waals surface area (Å²) in [6, 6.07) is 8.79. The molecule has 0 aliphatic carbocycles. The van der Waals surface area contributed by atoms with Crippen molar-refractivity contribution in [3.8, 4) is 28.7 Å². The first kappa shape index (κ1) is 22.6. The van der Waals surface area contributed by atoms with Gasteiger partial charge in [0.25, 0.3) is 5.91 Å². The molecule has 1 saturated heterocycles. The second-order valence-corrected chi connectivity index (χ2v) is 7.02. The van der Waals surface area contributed by atoms with Gasteiger partial charge >= 0.3 is 0 Å². The van der Waals surface area contributed by atoms with Crippen molar-refractivity contribution in [1.82, 2.24) is 5.32 Å². The molecule has 168 valence electrons. The van der Waals surface area contributed by atoms with E-state index in [0.29, 0.717) is 47.5 Å². The highest BCUT2D eigenvalue weighted by molar-refractivity contribution is 5.97. The second kappa shape index (κ2) is 10.8. The minimum absolute atomic E-state index is 0.125. The lowest BCUT2D eigenvalue weighted by Crippen LogP contribution is -2.23. The molecule has 0 radical (unpaired) electrons. The first-order chi connectivity index (χ1) is 15.1. The number of hydrogen-bond acceptors (Lipinski definition) is 7. The van der Waals surface area contributed by atoms with Crippen LogP contribution in [0.3, 0.4) is 0 Å². The Morgan fingerprint density at radius 2 is 1.61 bits per heavy atom. The zero-order valence-corrected chi connectivity index (χ0v) is 18.4. The van der Waals surface area contributed by atoms with Crippen LogP contribution in [-0.2, 0) is 11.3 Å². The van der Waals surface area contributed by atoms with Crippen LogP contribution in [0.2, 0.25) is 0 Å². The van der Waals surface area contributed by atoms with Crippen LogP contribution in [0.15, 0.2) is 30.3 Å². The highest BCUT2D eigenvalue weighted by Crippen LogP contribution is 2.34. The molecule has 2 aromatic carbocycles. The quantitative estimate of drug-likeness (QED) is 0.618. The van der Waals surface area contributed by atoms with Gasteiger partial charge in [0.15, 0.2) is 23.0 Å². The van der Waals surface area contributed by atoms with E-state index >= 15 is 0 Å². The van der Waals surface area contributed by atoms with Crippen molar-refractivity contribution in [3.05, 3.63) is 41.5 Å². The standard InChI is InChI=1S/C23H29NO7/c1-26-19-12-22(29-4)21(28-3)11-17(19)23(25)24-13-15-7-8-18(20(10-15)27-2)31-14-16-6-5-9-30-16/h7-8,10-12,16H,5-6,9,13-14H2,1-4H3,(H,24,25). The van der Waals surface area contributed by atoms with Crippen LogP contribution < -0.4 is 29.0 Å². The summed E-state index contributed by atoms with van der Waals surface area (Å²) in [6.07, 6.45) is 2.20. The molecular formula is C23H29NO7. The average Bonchev–Trinajstić information content (AvgIpc) is 3.34. The van der Waals surface area contributed by atoms with Crippen molar-refractivity contribution in [2.75, 3.05) is 41.7 Å². The number of nitrogens with one attached hydrogen (secondary N) is 1. The van der Waals surface area contributed by atoms with E-state index in [2.05, 4.69) is 5.32 Å². The molecule has 8 heteroatoms. The fourth-order valence-corrected chi connectivity index (χ4v) is 3.38. The van der Waals surface area contributed by atoms with Crippen LogP contribution >= 0.6 is 0 Å². The molecule has 1 fully saturated rings. The lowest BCUT2D eigenvalue weighted by molar-refractivity contribution is 0.0669. The Labute approximate surface area is 182 Å². The van der Waals surface area contributed by atoms with E-state index in [1.807, 2.05) is 18.2 Å². The van der Waals surface area contributed by atoms with Gasteiger partial charge in [-0.2, -0.15) is 0 Å². The zero-order chi connectivity index (χ0) is 22.2. The maximum atomic E-state index is 12.8. The molecule has 1 amide bonds. The van der Waals surface area contributed by atoms with E-state index in [0.717, 1.165) is 25.0 Å². The first-order valence-electron chi connectivity index (χ1n) is 10.1. The van der Waals surface area contributed by atoms with Gasteiger partial charge in [0.05, 0.1) is 40.1 Å². The van der Waals surface area contributed by atoms with Crippen molar-refractivity contribution in [1.29, 1.82) is 0 Å². The lowest BCUT2D eigenvalue weighted by atomic mass is 10.1. The predicted molar refractivity (Wildman–Crippen MR) is 115 cm³/mol. The van der Waals surface area contributed by atoms with Crippen molar-refractivity contribution in [3.63, 3.8) is 0 Å². The molecule has 1 aliphatic heterocycles. The number of rotatable bonds is 10. The monoisotopic (exact) mass is 431 g/mol. The lowest BCUT2D eigenvalue weighted by Gasteiger charge is -2.16. The molecule has 0 saturated carbocycles. The van der Waals surface area contributed by atoms with Gasteiger partial charge in [0.2, 0.25) is 0 Å². The molecule has 0 bridgehead atoms. The third-order valence-corrected chi connectivity index (χ3v) is 5.08. The Kier molecular flexibility index (Phi) is 7.83. The maximum Gasteiger partial charge on any atom is 0.255 e. The number of hydrogen-bond donors (Lipinski definition) is 1. The molecule has 0 aromatic heterocycles. The number of amides is 1. The molecule has 1 atom stereocenters. The van der Waals surface area contributed by atoms with E-state index < -0.39 is 0 Å². The van der Waals surface area contributed by atoms with Crippen molar-refractivity contribution < 1.29 is 33.2 Å². The summed E-state index contributed by atoms with van der Waals surface area (Å²) in [6.45, 7) is 1.58. The predicted octanol–water partition coefficient (Wildman–Crippen LogP) is 3.21. The zero-order valence-electron chi connectivity index (χ0n) is 18.4. The number of methoxy groups -OCH3 is 4. The van der Waals surface area contributed by atoms with Crippen LogP contribution in [0.4, 0.5) is 0 Å². The Hall–Kier alpha value is -3.13. The maximum absolute atomic E-state index is 12.8. The van der Waals surface area contributed by atoms with Crippen molar-refractivity contribution >= 4 is 5.91 Å². The Bertz CT molecular complexity index is 894. The fraction of sp³-hybridized carbons (Fsp3) is 0.435. The molecular weight excluding hydrogens is 402 g/mol. The van der Waals surface area contributed by atoms with Gasteiger partial charge in [-0.15, -0.1) is 0 Å². The van der Waals surface area contributed by atoms with E-state index in [9.17, 15) is 4.79 Å². The van der Waals surface area contributed by atoms with Gasteiger partial charge in [-0.3, -0.25) is 4.79 Å². The molecule has 1 unspecified atom stereocenters. The number of carbonyl (C=O) groups is 1. The Morgan fingerprint density at radius 1 is 0.935 bits per heavy atom. The topological polar surface area (TPSA) is 84.5 Å². The minimum atomic E-state index is -0.296. The Morgan fingerprint density at radius 3 is 2.26 bits per heavy atom. The molecule has 31 heavy (non-hydrogen) atoms. The molecule has 2 aromatic rings. The molecule has 1 heterocycles. The van der Waals surface area contributed by atoms with Crippen LogP contribution in [0.1, 0.15) is 28.8 Å². The van der Waals surface area contributed by atoms with Gasteiger partial charge in [-0.25, -0.2) is 0 Å².